The van der Waals surface area contributed by atoms with Gasteiger partial charge in [-0.2, -0.15) is 13.2 Å². The lowest BCUT2D eigenvalue weighted by Crippen LogP contribution is -2.25. The number of aromatic nitrogens is 2. The van der Waals surface area contributed by atoms with Crippen molar-refractivity contribution < 1.29 is 27.8 Å². The summed E-state index contributed by atoms with van der Waals surface area (Å²) < 4.78 is 46.9. The molecule has 1 unspecified atom stereocenters. The average molecular weight is 634 g/mol. The quantitative estimate of drug-likeness (QED) is 0.148. The standard InChI is InChI=1S/C37H42F3N3O3/c1-7-25(4)33-18-34(27(6)16-26(33)5)32-11-10-23(2)14-29(32)22-43(21-28-13-24(3)15-30(17-28)37(38,39)40)36-41-19-31(20-42-36)46-12-8-9-35(44)45/h10-11,13-20,25H,7-9,12,21-22H2,1-6H3,(H,44,45). The largest absolute Gasteiger partial charge is 0.490 e. The number of carboxylic acid groups (broad SMARTS) is 1. The van der Waals surface area contributed by atoms with E-state index < -0.39 is 17.7 Å². The van der Waals surface area contributed by atoms with Gasteiger partial charge in [0.2, 0.25) is 5.95 Å². The van der Waals surface area contributed by atoms with Crippen LogP contribution in [0.1, 0.15) is 83.5 Å². The van der Waals surface area contributed by atoms with Crippen LogP contribution in [0.2, 0.25) is 0 Å². The molecule has 0 fully saturated rings. The van der Waals surface area contributed by atoms with Gasteiger partial charge in [-0.1, -0.05) is 61.4 Å². The van der Waals surface area contributed by atoms with E-state index >= 15 is 0 Å². The van der Waals surface area contributed by atoms with Crippen LogP contribution in [0.3, 0.4) is 0 Å². The first-order valence-corrected chi connectivity index (χ1v) is 15.6. The van der Waals surface area contributed by atoms with Crippen LogP contribution >= 0.6 is 0 Å². The molecular formula is C37H42F3N3O3. The fourth-order valence-electron chi connectivity index (χ4n) is 5.73. The summed E-state index contributed by atoms with van der Waals surface area (Å²) >= 11 is 0. The van der Waals surface area contributed by atoms with Gasteiger partial charge >= 0.3 is 12.1 Å². The number of hydrogen-bond acceptors (Lipinski definition) is 5. The first kappa shape index (κ1) is 34.5. The number of aliphatic carboxylic acids is 1. The Morgan fingerprint density at radius 3 is 2.28 bits per heavy atom. The molecule has 0 radical (unpaired) electrons. The summed E-state index contributed by atoms with van der Waals surface area (Å²) in [5.74, 6) is 0.213. The Bertz CT molecular complexity index is 1670. The molecule has 4 aromatic rings. The number of ether oxygens (including phenoxy) is 1. The zero-order chi connectivity index (χ0) is 33.6. The smallest absolute Gasteiger partial charge is 0.416 e. The van der Waals surface area contributed by atoms with Crippen molar-refractivity contribution in [1.82, 2.24) is 9.97 Å². The van der Waals surface area contributed by atoms with Crippen LogP contribution in [0, 0.1) is 27.7 Å². The summed E-state index contributed by atoms with van der Waals surface area (Å²) in [5, 5.41) is 8.87. The number of alkyl halides is 3. The molecule has 6 nitrogen and oxygen atoms in total. The highest BCUT2D eigenvalue weighted by molar-refractivity contribution is 5.73. The Morgan fingerprint density at radius 2 is 1.63 bits per heavy atom. The maximum absolute atomic E-state index is 13.8. The topological polar surface area (TPSA) is 75.6 Å². The SMILES string of the molecule is CCC(C)c1cc(-c2ccc(C)cc2CN(Cc2cc(C)cc(C(F)(F)F)c2)c2ncc(OCCCC(=O)O)cn2)c(C)cc1C. The van der Waals surface area contributed by atoms with E-state index in [2.05, 4.69) is 68.0 Å². The predicted molar refractivity (Wildman–Crippen MR) is 175 cm³/mol. The molecule has 46 heavy (non-hydrogen) atoms. The van der Waals surface area contributed by atoms with E-state index in [1.54, 1.807) is 13.0 Å². The molecular weight excluding hydrogens is 591 g/mol. The molecule has 1 aromatic heterocycles. The van der Waals surface area contributed by atoms with Gasteiger partial charge in [-0.05, 0) is 97.5 Å². The van der Waals surface area contributed by atoms with Gasteiger partial charge in [0, 0.05) is 19.5 Å². The highest BCUT2D eigenvalue weighted by Crippen LogP contribution is 2.35. The number of benzene rings is 3. The van der Waals surface area contributed by atoms with E-state index in [0.29, 0.717) is 41.7 Å². The summed E-state index contributed by atoms with van der Waals surface area (Å²) in [6.07, 6.45) is -0.111. The molecule has 1 heterocycles. The van der Waals surface area contributed by atoms with Crippen LogP contribution in [0.25, 0.3) is 11.1 Å². The van der Waals surface area contributed by atoms with Gasteiger partial charge in [-0.15, -0.1) is 0 Å². The van der Waals surface area contributed by atoms with Gasteiger partial charge in [0.15, 0.2) is 5.75 Å². The minimum Gasteiger partial charge on any atom is -0.490 e. The number of anilines is 1. The lowest BCUT2D eigenvalue weighted by Gasteiger charge is -2.26. The molecule has 0 saturated carbocycles. The Hall–Kier alpha value is -4.40. The second-order valence-electron chi connectivity index (χ2n) is 12.1. The minimum absolute atomic E-state index is 0.0126. The van der Waals surface area contributed by atoms with E-state index in [0.717, 1.165) is 40.3 Å². The van der Waals surface area contributed by atoms with E-state index in [9.17, 15) is 18.0 Å². The normalized spacial score (nSPS) is 12.2. The Balaban J connectivity index is 1.75. The zero-order valence-electron chi connectivity index (χ0n) is 27.3. The molecule has 3 aromatic carbocycles. The molecule has 1 N–H and O–H groups in total. The summed E-state index contributed by atoms with van der Waals surface area (Å²) in [4.78, 5) is 21.7. The van der Waals surface area contributed by atoms with Crippen LogP contribution in [0.5, 0.6) is 5.75 Å². The molecule has 244 valence electrons. The predicted octanol–water partition coefficient (Wildman–Crippen LogP) is 9.36. The third kappa shape index (κ3) is 8.86. The molecule has 0 amide bonds. The highest BCUT2D eigenvalue weighted by Gasteiger charge is 2.31. The van der Waals surface area contributed by atoms with Crippen LogP contribution < -0.4 is 9.64 Å². The molecule has 4 rings (SSSR count). The van der Waals surface area contributed by atoms with Gasteiger partial charge < -0.3 is 14.7 Å². The maximum atomic E-state index is 13.8. The van der Waals surface area contributed by atoms with Crippen molar-refractivity contribution >= 4 is 11.9 Å². The highest BCUT2D eigenvalue weighted by atomic mass is 19.4. The third-order valence-corrected chi connectivity index (χ3v) is 8.21. The second-order valence-corrected chi connectivity index (χ2v) is 12.1. The van der Waals surface area contributed by atoms with E-state index in [-0.39, 0.29) is 19.6 Å². The molecule has 0 aliphatic heterocycles. The van der Waals surface area contributed by atoms with E-state index in [1.165, 1.54) is 29.6 Å². The Labute approximate surface area is 269 Å². The fraction of sp³-hybridized carbons (Fsp3) is 0.378. The van der Waals surface area contributed by atoms with Crippen molar-refractivity contribution in [2.45, 2.75) is 86.0 Å². The average Bonchev–Trinajstić information content (AvgIpc) is 2.99. The van der Waals surface area contributed by atoms with Gasteiger partial charge in [-0.3, -0.25) is 4.79 Å². The lowest BCUT2D eigenvalue weighted by atomic mass is 9.86. The number of rotatable bonds is 13. The molecule has 0 aliphatic rings. The van der Waals surface area contributed by atoms with Crippen LogP contribution in [0.15, 0.2) is 60.9 Å². The number of aryl methyl sites for hydroxylation is 4. The monoisotopic (exact) mass is 633 g/mol. The number of halogens is 3. The second kappa shape index (κ2) is 14.8. The zero-order valence-corrected chi connectivity index (χ0v) is 27.3. The van der Waals surface area contributed by atoms with Crippen molar-refractivity contribution in [3.05, 3.63) is 105 Å². The first-order chi connectivity index (χ1) is 21.7. The summed E-state index contributed by atoms with van der Waals surface area (Å²) in [6, 6.07) is 14.9. The van der Waals surface area contributed by atoms with Crippen LogP contribution in [-0.4, -0.2) is 27.7 Å². The lowest BCUT2D eigenvalue weighted by molar-refractivity contribution is -0.138. The summed E-state index contributed by atoms with van der Waals surface area (Å²) in [5.41, 5.74) is 8.25. The van der Waals surface area contributed by atoms with Gasteiger partial charge in [0.05, 0.1) is 24.6 Å². The molecule has 0 aliphatic carbocycles. The fourth-order valence-corrected chi connectivity index (χ4v) is 5.73. The molecule has 0 bridgehead atoms. The molecule has 0 saturated heterocycles. The van der Waals surface area contributed by atoms with Crippen molar-refractivity contribution in [2.24, 2.45) is 0 Å². The van der Waals surface area contributed by atoms with Crippen molar-refractivity contribution in [2.75, 3.05) is 11.5 Å². The maximum Gasteiger partial charge on any atom is 0.416 e. The Morgan fingerprint density at radius 1 is 0.913 bits per heavy atom. The number of carbonyl (C=O) groups is 1. The minimum atomic E-state index is -4.47. The number of carboxylic acids is 1. The van der Waals surface area contributed by atoms with Gasteiger partial charge in [-0.25, -0.2) is 9.97 Å². The van der Waals surface area contributed by atoms with Gasteiger partial charge in [0.1, 0.15) is 0 Å². The first-order valence-electron chi connectivity index (χ1n) is 15.6. The van der Waals surface area contributed by atoms with Crippen molar-refractivity contribution in [3.63, 3.8) is 0 Å². The van der Waals surface area contributed by atoms with Crippen molar-refractivity contribution in [3.8, 4) is 16.9 Å². The number of hydrogen-bond donors (Lipinski definition) is 1. The summed E-state index contributed by atoms with van der Waals surface area (Å²) in [6.45, 7) is 13.0. The Kier molecular flexibility index (Phi) is 11.1. The van der Waals surface area contributed by atoms with Crippen LogP contribution in [0.4, 0.5) is 19.1 Å². The number of nitrogens with zero attached hydrogens (tertiary/aromatic N) is 3. The van der Waals surface area contributed by atoms with Crippen molar-refractivity contribution in [1.29, 1.82) is 0 Å². The third-order valence-electron chi connectivity index (χ3n) is 8.21. The summed E-state index contributed by atoms with van der Waals surface area (Å²) in [7, 11) is 0. The molecule has 9 heteroatoms. The van der Waals surface area contributed by atoms with E-state index in [4.69, 9.17) is 9.84 Å². The van der Waals surface area contributed by atoms with Gasteiger partial charge in [0.25, 0.3) is 0 Å². The molecule has 0 spiro atoms. The van der Waals surface area contributed by atoms with Crippen LogP contribution in [-0.2, 0) is 24.1 Å². The molecule has 1 atom stereocenters. The van der Waals surface area contributed by atoms with E-state index in [1.807, 2.05) is 11.8 Å².